The van der Waals surface area contributed by atoms with Crippen molar-refractivity contribution in [2.45, 2.75) is 45.3 Å². The highest BCUT2D eigenvalue weighted by Crippen LogP contribution is 2.38. The molecular formula is C17H20O2S. The first-order valence-corrected chi connectivity index (χ1v) is 7.94. The van der Waals surface area contributed by atoms with Crippen LogP contribution in [0.5, 0.6) is 5.75 Å². The molecule has 2 aromatic rings. The molecule has 0 radical (unpaired) electrons. The van der Waals surface area contributed by atoms with E-state index in [9.17, 15) is 5.11 Å². The van der Waals surface area contributed by atoms with Crippen molar-refractivity contribution in [3.8, 4) is 5.75 Å². The molecule has 0 saturated carbocycles. The molecule has 1 aliphatic heterocycles. The lowest BCUT2D eigenvalue weighted by Gasteiger charge is -2.16. The molecule has 0 amide bonds. The fourth-order valence-electron chi connectivity index (χ4n) is 2.83. The molecule has 2 heterocycles. The number of hydrogen-bond acceptors (Lipinski definition) is 3. The highest BCUT2D eigenvalue weighted by atomic mass is 32.1. The van der Waals surface area contributed by atoms with Gasteiger partial charge in [-0.15, -0.1) is 11.3 Å². The fourth-order valence-corrected chi connectivity index (χ4v) is 3.84. The Morgan fingerprint density at radius 2 is 2.15 bits per heavy atom. The Morgan fingerprint density at radius 3 is 2.90 bits per heavy atom. The molecule has 3 rings (SSSR count). The second-order valence-electron chi connectivity index (χ2n) is 5.97. The summed E-state index contributed by atoms with van der Waals surface area (Å²) in [6.07, 6.45) is 1.32. The van der Waals surface area contributed by atoms with E-state index in [4.69, 9.17) is 4.74 Å². The first-order valence-electron chi connectivity index (χ1n) is 7.06. The molecule has 3 heteroatoms. The molecule has 0 aliphatic carbocycles. The van der Waals surface area contributed by atoms with E-state index in [1.807, 2.05) is 12.1 Å². The third-order valence-corrected chi connectivity index (χ3v) is 4.82. The molecular weight excluding hydrogens is 268 g/mol. The molecule has 0 bridgehead atoms. The van der Waals surface area contributed by atoms with Crippen molar-refractivity contribution < 1.29 is 9.84 Å². The number of aryl methyl sites for hydroxylation is 1. The summed E-state index contributed by atoms with van der Waals surface area (Å²) >= 11 is 1.63. The normalized spacial score (nSPS) is 17.6. The highest BCUT2D eigenvalue weighted by molar-refractivity contribution is 7.10. The van der Waals surface area contributed by atoms with Crippen molar-refractivity contribution in [3.63, 3.8) is 0 Å². The second-order valence-corrected chi connectivity index (χ2v) is 6.92. The van der Waals surface area contributed by atoms with Gasteiger partial charge >= 0.3 is 0 Å². The minimum absolute atomic E-state index is 0.135. The molecule has 1 aliphatic rings. The number of rotatable bonds is 3. The molecule has 0 saturated heterocycles. The summed E-state index contributed by atoms with van der Waals surface area (Å²) in [4.78, 5) is 1.06. The second kappa shape index (κ2) is 4.90. The van der Waals surface area contributed by atoms with Crippen molar-refractivity contribution in [3.05, 3.63) is 51.2 Å². The molecule has 1 aromatic heterocycles. The molecule has 20 heavy (non-hydrogen) atoms. The molecule has 106 valence electrons. The standard InChI is InChI=1S/C17H20O2S/c1-4-11-7-8-20-16(11)15(18)12-5-6-14-13(9-12)10-17(2,3)19-14/h5-9,15,18H,4,10H2,1-3H3. The first-order chi connectivity index (χ1) is 9.50. The molecule has 1 N–H and O–H groups in total. The van der Waals surface area contributed by atoms with Crippen molar-refractivity contribution in [1.82, 2.24) is 0 Å². The van der Waals surface area contributed by atoms with Crippen LogP contribution in [0.25, 0.3) is 0 Å². The van der Waals surface area contributed by atoms with Gasteiger partial charge in [-0.2, -0.15) is 0 Å². The van der Waals surface area contributed by atoms with Gasteiger partial charge in [0.25, 0.3) is 0 Å². The lowest BCUT2D eigenvalue weighted by molar-refractivity contribution is 0.138. The summed E-state index contributed by atoms with van der Waals surface area (Å²) in [5, 5.41) is 12.7. The van der Waals surface area contributed by atoms with Crippen LogP contribution in [-0.4, -0.2) is 10.7 Å². The van der Waals surface area contributed by atoms with E-state index in [0.717, 1.165) is 29.0 Å². The van der Waals surface area contributed by atoms with Crippen LogP contribution >= 0.6 is 11.3 Å². The van der Waals surface area contributed by atoms with Gasteiger partial charge in [-0.25, -0.2) is 0 Å². The highest BCUT2D eigenvalue weighted by Gasteiger charge is 2.30. The molecule has 2 nitrogen and oxygen atoms in total. The number of benzene rings is 1. The first kappa shape index (κ1) is 13.7. The maximum atomic E-state index is 10.6. The topological polar surface area (TPSA) is 29.5 Å². The summed E-state index contributed by atoms with van der Waals surface area (Å²) in [5.41, 5.74) is 3.26. The van der Waals surface area contributed by atoms with Gasteiger partial charge in [0, 0.05) is 11.3 Å². The van der Waals surface area contributed by atoms with E-state index in [1.54, 1.807) is 11.3 Å². The predicted molar refractivity (Wildman–Crippen MR) is 82.6 cm³/mol. The van der Waals surface area contributed by atoms with Crippen LogP contribution < -0.4 is 4.74 Å². The summed E-state index contributed by atoms with van der Waals surface area (Å²) in [7, 11) is 0. The third-order valence-electron chi connectivity index (χ3n) is 3.81. The largest absolute Gasteiger partial charge is 0.487 e. The van der Waals surface area contributed by atoms with E-state index in [0.29, 0.717) is 0 Å². The van der Waals surface area contributed by atoms with Crippen molar-refractivity contribution >= 4 is 11.3 Å². The van der Waals surface area contributed by atoms with Crippen molar-refractivity contribution in [1.29, 1.82) is 0 Å². The summed E-state index contributed by atoms with van der Waals surface area (Å²) in [6, 6.07) is 8.16. The van der Waals surface area contributed by atoms with Crippen LogP contribution in [0.3, 0.4) is 0 Å². The Morgan fingerprint density at radius 1 is 1.35 bits per heavy atom. The average molecular weight is 288 g/mol. The fraction of sp³-hybridized carbons (Fsp3) is 0.412. The van der Waals surface area contributed by atoms with Gasteiger partial charge in [0.2, 0.25) is 0 Å². The Bertz CT molecular complexity index is 628. The van der Waals surface area contributed by atoms with Crippen LogP contribution in [0.15, 0.2) is 29.6 Å². The lowest BCUT2D eigenvalue weighted by atomic mass is 9.97. The molecule has 0 spiro atoms. The quantitative estimate of drug-likeness (QED) is 0.921. The number of aliphatic hydroxyl groups excluding tert-OH is 1. The van der Waals surface area contributed by atoms with Gasteiger partial charge in [-0.3, -0.25) is 0 Å². The van der Waals surface area contributed by atoms with Crippen LogP contribution in [-0.2, 0) is 12.8 Å². The number of thiophene rings is 1. The van der Waals surface area contributed by atoms with Crippen molar-refractivity contribution in [2.75, 3.05) is 0 Å². The molecule has 1 atom stereocenters. The minimum atomic E-state index is -0.529. The molecule has 0 fully saturated rings. The van der Waals surface area contributed by atoms with E-state index in [2.05, 4.69) is 38.3 Å². The van der Waals surface area contributed by atoms with Gasteiger partial charge in [0.15, 0.2) is 0 Å². The summed E-state index contributed by atoms with van der Waals surface area (Å²) in [5.74, 6) is 0.952. The number of hydrogen-bond donors (Lipinski definition) is 1. The van der Waals surface area contributed by atoms with E-state index < -0.39 is 6.10 Å². The van der Waals surface area contributed by atoms with Crippen LogP contribution in [0.1, 0.15) is 48.4 Å². The maximum absolute atomic E-state index is 10.6. The monoisotopic (exact) mass is 288 g/mol. The minimum Gasteiger partial charge on any atom is -0.487 e. The Kier molecular flexibility index (Phi) is 3.35. The smallest absolute Gasteiger partial charge is 0.123 e. The van der Waals surface area contributed by atoms with Gasteiger partial charge in [-0.05, 0) is 60.5 Å². The van der Waals surface area contributed by atoms with E-state index in [1.165, 1.54) is 11.1 Å². The number of ether oxygens (including phenoxy) is 1. The van der Waals surface area contributed by atoms with Crippen molar-refractivity contribution in [2.24, 2.45) is 0 Å². The van der Waals surface area contributed by atoms with Crippen LogP contribution in [0.4, 0.5) is 0 Å². The summed E-state index contributed by atoms with van der Waals surface area (Å²) < 4.78 is 5.89. The van der Waals surface area contributed by atoms with E-state index >= 15 is 0 Å². The third kappa shape index (κ3) is 2.36. The number of aliphatic hydroxyl groups is 1. The average Bonchev–Trinajstić information content (AvgIpc) is 2.98. The van der Waals surface area contributed by atoms with Crippen LogP contribution in [0, 0.1) is 0 Å². The van der Waals surface area contributed by atoms with E-state index in [-0.39, 0.29) is 5.60 Å². The van der Waals surface area contributed by atoms with Gasteiger partial charge in [0.05, 0.1) is 0 Å². The van der Waals surface area contributed by atoms with Gasteiger partial charge in [0.1, 0.15) is 17.5 Å². The Labute approximate surface area is 124 Å². The predicted octanol–water partition coefficient (Wildman–Crippen LogP) is 4.11. The lowest BCUT2D eigenvalue weighted by Crippen LogP contribution is -2.24. The zero-order valence-electron chi connectivity index (χ0n) is 12.1. The Hall–Kier alpha value is -1.32. The number of fused-ring (bicyclic) bond motifs is 1. The molecule has 1 aromatic carbocycles. The zero-order valence-corrected chi connectivity index (χ0v) is 13.0. The molecule has 1 unspecified atom stereocenters. The zero-order chi connectivity index (χ0) is 14.3. The van der Waals surface area contributed by atoms with Crippen LogP contribution in [0.2, 0.25) is 0 Å². The summed E-state index contributed by atoms with van der Waals surface area (Å²) in [6.45, 7) is 6.31. The SMILES string of the molecule is CCc1ccsc1C(O)c1ccc2c(c1)CC(C)(C)O2. The van der Waals surface area contributed by atoms with Gasteiger partial charge in [-0.1, -0.05) is 13.0 Å². The Balaban J connectivity index is 1.93. The van der Waals surface area contributed by atoms with Gasteiger partial charge < -0.3 is 9.84 Å². The maximum Gasteiger partial charge on any atom is 0.123 e.